The lowest BCUT2D eigenvalue weighted by Crippen LogP contribution is -2.21. The molecule has 7 heteroatoms. The lowest BCUT2D eigenvalue weighted by molar-refractivity contribution is -0.119. The summed E-state index contributed by atoms with van der Waals surface area (Å²) in [7, 11) is 0. The smallest absolute Gasteiger partial charge is 0.338 e. The minimum Gasteiger partial charge on any atom is -0.452 e. The highest BCUT2D eigenvalue weighted by atomic mass is 35.5. The third kappa shape index (κ3) is 4.40. The number of esters is 1. The Labute approximate surface area is 149 Å². The highest BCUT2D eigenvalue weighted by molar-refractivity contribution is 6.34. The quantitative estimate of drug-likeness (QED) is 0.633. The number of hydrogen-bond acceptors (Lipinski definition) is 4. The molecule has 0 heterocycles. The monoisotopic (exact) mass is 366 g/mol. The summed E-state index contributed by atoms with van der Waals surface area (Å²) in [5.41, 5.74) is 8.42. The van der Waals surface area contributed by atoms with Crippen molar-refractivity contribution in [2.45, 2.75) is 13.8 Å². The van der Waals surface area contributed by atoms with Crippen LogP contribution in [0.3, 0.4) is 0 Å². The molecule has 0 aliphatic carbocycles. The molecule has 0 unspecified atom stereocenters. The molecule has 0 aliphatic heterocycles. The molecule has 0 aromatic heterocycles. The van der Waals surface area contributed by atoms with Crippen LogP contribution in [0.4, 0.5) is 11.4 Å². The van der Waals surface area contributed by atoms with Crippen LogP contribution in [-0.2, 0) is 9.53 Å². The molecule has 0 saturated carbocycles. The first-order valence-electron chi connectivity index (χ1n) is 7.06. The van der Waals surface area contributed by atoms with Crippen molar-refractivity contribution >= 4 is 46.5 Å². The highest BCUT2D eigenvalue weighted by Gasteiger charge is 2.14. The first kappa shape index (κ1) is 18.1. The Hall–Kier alpha value is -2.24. The van der Waals surface area contributed by atoms with Crippen molar-refractivity contribution in [1.82, 2.24) is 0 Å². The molecule has 1 amide bonds. The van der Waals surface area contributed by atoms with Gasteiger partial charge in [-0.1, -0.05) is 29.3 Å². The van der Waals surface area contributed by atoms with Gasteiger partial charge in [-0.2, -0.15) is 0 Å². The van der Waals surface area contributed by atoms with Crippen LogP contribution in [0.15, 0.2) is 30.3 Å². The molecule has 2 aromatic rings. The van der Waals surface area contributed by atoms with Crippen LogP contribution in [0.5, 0.6) is 0 Å². The zero-order chi connectivity index (χ0) is 17.9. The average Bonchev–Trinajstić information content (AvgIpc) is 2.51. The van der Waals surface area contributed by atoms with E-state index in [4.69, 9.17) is 33.7 Å². The van der Waals surface area contributed by atoms with E-state index in [0.717, 1.165) is 11.1 Å². The van der Waals surface area contributed by atoms with Gasteiger partial charge in [0, 0.05) is 0 Å². The van der Waals surface area contributed by atoms with E-state index in [-0.39, 0.29) is 11.3 Å². The molecule has 5 nitrogen and oxygen atoms in total. The van der Waals surface area contributed by atoms with Crippen molar-refractivity contribution in [1.29, 1.82) is 0 Å². The Kier molecular flexibility index (Phi) is 5.70. The lowest BCUT2D eigenvalue weighted by atomic mass is 10.1. The van der Waals surface area contributed by atoms with Gasteiger partial charge in [0.1, 0.15) is 0 Å². The van der Waals surface area contributed by atoms with E-state index in [2.05, 4.69) is 5.32 Å². The van der Waals surface area contributed by atoms with Gasteiger partial charge in [0.05, 0.1) is 27.0 Å². The van der Waals surface area contributed by atoms with E-state index in [1.807, 2.05) is 19.9 Å². The van der Waals surface area contributed by atoms with E-state index >= 15 is 0 Å². The molecule has 2 rings (SSSR count). The summed E-state index contributed by atoms with van der Waals surface area (Å²) in [6, 6.07) is 7.99. The SMILES string of the molecule is Cc1cc(C)c(NC(=O)COC(=O)c2ccc(Cl)c(N)c2)c(Cl)c1. The van der Waals surface area contributed by atoms with Gasteiger partial charge in [0.15, 0.2) is 6.61 Å². The summed E-state index contributed by atoms with van der Waals surface area (Å²) < 4.78 is 4.97. The second kappa shape index (κ2) is 7.55. The van der Waals surface area contributed by atoms with Crippen molar-refractivity contribution in [3.8, 4) is 0 Å². The average molecular weight is 367 g/mol. The van der Waals surface area contributed by atoms with Gasteiger partial charge in [-0.3, -0.25) is 4.79 Å². The molecule has 0 spiro atoms. The normalized spacial score (nSPS) is 10.3. The van der Waals surface area contributed by atoms with E-state index in [1.165, 1.54) is 18.2 Å². The zero-order valence-corrected chi connectivity index (χ0v) is 14.7. The first-order chi connectivity index (χ1) is 11.3. The predicted molar refractivity (Wildman–Crippen MR) is 95.7 cm³/mol. The van der Waals surface area contributed by atoms with Crippen molar-refractivity contribution in [3.63, 3.8) is 0 Å². The van der Waals surface area contributed by atoms with Gasteiger partial charge in [-0.15, -0.1) is 0 Å². The second-order valence-corrected chi connectivity index (χ2v) is 6.11. The maximum Gasteiger partial charge on any atom is 0.338 e. The Balaban J connectivity index is 1.98. The fourth-order valence-electron chi connectivity index (χ4n) is 2.13. The van der Waals surface area contributed by atoms with Gasteiger partial charge >= 0.3 is 5.97 Å². The third-order valence-corrected chi connectivity index (χ3v) is 3.90. The predicted octanol–water partition coefficient (Wildman–Crippen LogP) is 3.99. The number of carbonyl (C=O) groups excluding carboxylic acids is 2. The van der Waals surface area contributed by atoms with Crippen LogP contribution < -0.4 is 11.1 Å². The standard InChI is InChI=1S/C17H16Cl2N2O3/c1-9-5-10(2)16(13(19)6-9)21-15(22)8-24-17(23)11-3-4-12(18)14(20)7-11/h3-7H,8,20H2,1-2H3,(H,21,22). The van der Waals surface area contributed by atoms with Crippen molar-refractivity contribution in [2.24, 2.45) is 0 Å². The Morgan fingerprint density at radius 2 is 1.83 bits per heavy atom. The summed E-state index contributed by atoms with van der Waals surface area (Å²) >= 11 is 11.9. The van der Waals surface area contributed by atoms with Gasteiger partial charge in [0.25, 0.3) is 5.91 Å². The van der Waals surface area contributed by atoms with Crippen LogP contribution in [0.1, 0.15) is 21.5 Å². The number of hydrogen-bond donors (Lipinski definition) is 2. The molecule has 0 bridgehead atoms. The molecule has 24 heavy (non-hydrogen) atoms. The van der Waals surface area contributed by atoms with Crippen LogP contribution in [0.25, 0.3) is 0 Å². The maximum absolute atomic E-state index is 12.0. The second-order valence-electron chi connectivity index (χ2n) is 5.30. The summed E-state index contributed by atoms with van der Waals surface area (Å²) in [6.45, 7) is 3.30. The van der Waals surface area contributed by atoms with Crippen molar-refractivity contribution in [3.05, 3.63) is 57.1 Å². The molecule has 0 aliphatic rings. The minimum atomic E-state index is -0.666. The fraction of sp³-hybridized carbons (Fsp3) is 0.176. The molecule has 3 N–H and O–H groups in total. The maximum atomic E-state index is 12.0. The summed E-state index contributed by atoms with van der Waals surface area (Å²) in [5.74, 6) is -1.15. The number of nitrogens with two attached hydrogens (primary N) is 1. The largest absolute Gasteiger partial charge is 0.452 e. The topological polar surface area (TPSA) is 81.4 Å². The van der Waals surface area contributed by atoms with E-state index in [9.17, 15) is 9.59 Å². The molecular weight excluding hydrogens is 351 g/mol. The van der Waals surface area contributed by atoms with Crippen LogP contribution >= 0.6 is 23.2 Å². The lowest BCUT2D eigenvalue weighted by Gasteiger charge is -2.12. The molecular formula is C17H16Cl2N2O3. The number of nitrogens with one attached hydrogen (secondary N) is 1. The number of rotatable bonds is 4. The molecule has 0 saturated heterocycles. The molecule has 2 aromatic carbocycles. The number of anilines is 2. The highest BCUT2D eigenvalue weighted by Crippen LogP contribution is 2.27. The number of carbonyl (C=O) groups is 2. The van der Waals surface area contributed by atoms with E-state index in [0.29, 0.717) is 15.7 Å². The van der Waals surface area contributed by atoms with Crippen molar-refractivity contribution in [2.75, 3.05) is 17.7 Å². The Morgan fingerprint density at radius 3 is 2.46 bits per heavy atom. The van der Waals surface area contributed by atoms with Gasteiger partial charge in [-0.05, 0) is 49.2 Å². The molecule has 0 radical (unpaired) electrons. The van der Waals surface area contributed by atoms with Crippen LogP contribution in [0.2, 0.25) is 10.0 Å². The number of aryl methyl sites for hydroxylation is 2. The van der Waals surface area contributed by atoms with Crippen LogP contribution in [-0.4, -0.2) is 18.5 Å². The summed E-state index contributed by atoms with van der Waals surface area (Å²) in [4.78, 5) is 23.9. The number of amides is 1. The van der Waals surface area contributed by atoms with Gasteiger partial charge in [0.2, 0.25) is 0 Å². The van der Waals surface area contributed by atoms with E-state index in [1.54, 1.807) is 6.07 Å². The first-order valence-corrected chi connectivity index (χ1v) is 7.82. The van der Waals surface area contributed by atoms with Gasteiger partial charge in [-0.25, -0.2) is 4.79 Å². The summed E-state index contributed by atoms with van der Waals surface area (Å²) in [5, 5.41) is 3.41. The molecule has 0 atom stereocenters. The zero-order valence-electron chi connectivity index (χ0n) is 13.2. The van der Waals surface area contributed by atoms with Gasteiger partial charge < -0.3 is 15.8 Å². The molecule has 0 fully saturated rings. The van der Waals surface area contributed by atoms with E-state index < -0.39 is 18.5 Å². The van der Waals surface area contributed by atoms with Crippen molar-refractivity contribution < 1.29 is 14.3 Å². The summed E-state index contributed by atoms with van der Waals surface area (Å²) in [6.07, 6.45) is 0. The number of benzene rings is 2. The third-order valence-electron chi connectivity index (χ3n) is 3.26. The minimum absolute atomic E-state index is 0.217. The molecule has 126 valence electrons. The Morgan fingerprint density at radius 1 is 1.12 bits per heavy atom. The van der Waals surface area contributed by atoms with Crippen LogP contribution in [0, 0.1) is 13.8 Å². The fourth-order valence-corrected chi connectivity index (χ4v) is 2.62. The number of ether oxygens (including phenoxy) is 1. The number of halogens is 2. The Bertz CT molecular complexity index is 783. The number of nitrogen functional groups attached to an aromatic ring is 1.